The van der Waals surface area contributed by atoms with Crippen molar-refractivity contribution in [2.24, 2.45) is 0 Å². The summed E-state index contributed by atoms with van der Waals surface area (Å²) in [7, 11) is 1.70. The van der Waals surface area contributed by atoms with Gasteiger partial charge in [-0.15, -0.1) is 0 Å². The number of likely N-dealkylation sites (N-methyl/N-ethyl adjacent to an activating group) is 1. The van der Waals surface area contributed by atoms with Gasteiger partial charge in [0.15, 0.2) is 0 Å². The zero-order valence-corrected chi connectivity index (χ0v) is 17.1. The molecule has 0 aliphatic rings. The van der Waals surface area contributed by atoms with Crippen LogP contribution in [0, 0.1) is 0 Å². The Balaban J connectivity index is 0. The summed E-state index contributed by atoms with van der Waals surface area (Å²) in [4.78, 5) is 68.8. The summed E-state index contributed by atoms with van der Waals surface area (Å²) in [6.45, 7) is 9.12. The average Bonchev–Trinajstić information content (AvgIpc) is 2.49. The van der Waals surface area contributed by atoms with E-state index in [2.05, 4.69) is 5.32 Å². The highest BCUT2D eigenvalue weighted by atomic mass is 16.2. The number of hydrogen-bond acceptors (Lipinski definition) is 6. The molecule has 6 amide bonds. The third kappa shape index (κ3) is 13.1. The highest BCUT2D eigenvalue weighted by molar-refractivity contribution is 5.94. The van der Waals surface area contributed by atoms with Crippen LogP contribution >= 0.6 is 0 Å². The van der Waals surface area contributed by atoms with Gasteiger partial charge >= 0.3 is 0 Å². The van der Waals surface area contributed by atoms with Gasteiger partial charge in [-0.2, -0.15) is 0 Å². The molecule has 1 N–H and O–H groups in total. The van der Waals surface area contributed by atoms with E-state index in [1.807, 2.05) is 0 Å². The maximum absolute atomic E-state index is 11.1. The summed E-state index contributed by atoms with van der Waals surface area (Å²) in [6.07, 6.45) is 0. The fourth-order valence-corrected chi connectivity index (χ4v) is 1.83. The van der Waals surface area contributed by atoms with Crippen molar-refractivity contribution in [1.82, 2.24) is 20.0 Å². The first kappa shape index (κ1) is 26.4. The van der Waals surface area contributed by atoms with Crippen molar-refractivity contribution in [3.8, 4) is 0 Å². The smallest absolute Gasteiger partial charge is 0.226 e. The Labute approximate surface area is 159 Å². The van der Waals surface area contributed by atoms with Crippen molar-refractivity contribution in [2.45, 2.75) is 41.5 Å². The molecule has 0 aromatic rings. The maximum Gasteiger partial charge on any atom is 0.226 e. The van der Waals surface area contributed by atoms with Crippen LogP contribution in [0.4, 0.5) is 0 Å². The molecule has 0 aromatic carbocycles. The lowest BCUT2D eigenvalue weighted by atomic mass is 10.4. The van der Waals surface area contributed by atoms with Crippen LogP contribution in [0.25, 0.3) is 0 Å². The Kier molecular flexibility index (Phi) is 13.2. The third-order valence-corrected chi connectivity index (χ3v) is 3.43. The van der Waals surface area contributed by atoms with Crippen molar-refractivity contribution >= 4 is 35.4 Å². The second-order valence-electron chi connectivity index (χ2n) is 5.80. The Hall–Kier alpha value is -2.78. The topological polar surface area (TPSA) is 124 Å². The lowest BCUT2D eigenvalue weighted by Gasteiger charge is -2.22. The number of nitrogens with zero attached hydrogens (tertiary/aromatic N) is 3. The van der Waals surface area contributed by atoms with Gasteiger partial charge in [0.25, 0.3) is 0 Å². The number of amides is 6. The zero-order chi connectivity index (χ0) is 21.7. The molecule has 10 nitrogen and oxygen atoms in total. The van der Waals surface area contributed by atoms with Crippen LogP contribution < -0.4 is 5.32 Å². The van der Waals surface area contributed by atoms with Crippen LogP contribution in [-0.2, 0) is 28.8 Å². The second kappa shape index (κ2) is 13.4. The molecule has 10 heteroatoms. The summed E-state index contributed by atoms with van der Waals surface area (Å²) < 4.78 is 0. The van der Waals surface area contributed by atoms with Gasteiger partial charge in [-0.25, -0.2) is 0 Å². The second-order valence-corrected chi connectivity index (χ2v) is 5.80. The Morgan fingerprint density at radius 2 is 0.926 bits per heavy atom. The largest absolute Gasteiger partial charge is 0.355 e. The predicted octanol–water partition coefficient (Wildman–Crippen LogP) is -0.623. The summed E-state index contributed by atoms with van der Waals surface area (Å²) in [5.74, 6) is -1.67. The van der Waals surface area contributed by atoms with Crippen LogP contribution in [0.2, 0.25) is 0 Å². The van der Waals surface area contributed by atoms with E-state index in [1.54, 1.807) is 11.9 Å². The van der Waals surface area contributed by atoms with Gasteiger partial charge in [0.05, 0.1) is 0 Å². The molecule has 0 atom stereocenters. The molecular weight excluding hydrogens is 356 g/mol. The molecule has 0 aliphatic heterocycles. The Morgan fingerprint density at radius 3 is 1.15 bits per heavy atom. The van der Waals surface area contributed by atoms with Crippen LogP contribution in [0.1, 0.15) is 41.5 Å². The number of hydrogen-bond donors (Lipinski definition) is 1. The molecule has 0 rings (SSSR count). The van der Waals surface area contributed by atoms with Crippen LogP contribution in [0.15, 0.2) is 0 Å². The first-order chi connectivity index (χ1) is 12.3. The first-order valence-electron chi connectivity index (χ1n) is 8.34. The molecule has 0 fully saturated rings. The lowest BCUT2D eigenvalue weighted by Crippen LogP contribution is -2.43. The Morgan fingerprint density at radius 1 is 0.593 bits per heavy atom. The molecule has 0 aliphatic carbocycles. The average molecular weight is 386 g/mol. The molecule has 0 heterocycles. The van der Waals surface area contributed by atoms with Gasteiger partial charge in [0.1, 0.15) is 0 Å². The van der Waals surface area contributed by atoms with Gasteiger partial charge in [0, 0.05) is 74.8 Å². The number of carbonyl (C=O) groups excluding carboxylic acids is 6. The van der Waals surface area contributed by atoms with Crippen molar-refractivity contribution in [3.63, 3.8) is 0 Å². The first-order valence-corrected chi connectivity index (χ1v) is 8.34. The van der Waals surface area contributed by atoms with Gasteiger partial charge in [0.2, 0.25) is 35.4 Å². The van der Waals surface area contributed by atoms with E-state index in [-0.39, 0.29) is 24.9 Å². The van der Waals surface area contributed by atoms with Crippen LogP contribution in [0.3, 0.4) is 0 Å². The van der Waals surface area contributed by atoms with Crippen molar-refractivity contribution in [1.29, 1.82) is 0 Å². The van der Waals surface area contributed by atoms with Crippen molar-refractivity contribution in [2.75, 3.05) is 33.2 Å². The fraction of sp³-hybridized carbons (Fsp3) is 0.647. The van der Waals surface area contributed by atoms with E-state index in [1.165, 1.54) is 41.5 Å². The summed E-state index contributed by atoms with van der Waals surface area (Å²) in [5, 5.41) is 2.60. The third-order valence-electron chi connectivity index (χ3n) is 3.43. The highest BCUT2D eigenvalue weighted by Gasteiger charge is 2.18. The highest BCUT2D eigenvalue weighted by Crippen LogP contribution is 1.96. The minimum absolute atomic E-state index is 0.00959. The van der Waals surface area contributed by atoms with Crippen molar-refractivity contribution < 1.29 is 28.8 Å². The van der Waals surface area contributed by atoms with E-state index < -0.39 is 23.6 Å². The lowest BCUT2D eigenvalue weighted by molar-refractivity contribution is -0.147. The molecule has 0 bridgehead atoms. The number of rotatable bonds is 6. The normalized spacial score (nSPS) is 9.30. The van der Waals surface area contributed by atoms with E-state index in [9.17, 15) is 28.8 Å². The molecule has 27 heavy (non-hydrogen) atoms. The van der Waals surface area contributed by atoms with Crippen molar-refractivity contribution in [3.05, 3.63) is 0 Å². The van der Waals surface area contributed by atoms with Gasteiger partial charge in [-0.3, -0.25) is 38.6 Å². The minimum atomic E-state index is -0.403. The SMILES string of the molecule is CC(=O)N(CCN(C(C)=O)C(C)=O)C(C)=O.CC(=O)NCCN(C)C(C)=O. The minimum Gasteiger partial charge on any atom is -0.355 e. The molecule has 0 saturated carbocycles. The molecule has 0 radical (unpaired) electrons. The van der Waals surface area contributed by atoms with Gasteiger partial charge < -0.3 is 10.2 Å². The number of carbonyl (C=O) groups is 6. The zero-order valence-electron chi connectivity index (χ0n) is 17.1. The molecule has 0 aromatic heterocycles. The van der Waals surface area contributed by atoms with Gasteiger partial charge in [-0.1, -0.05) is 0 Å². The predicted molar refractivity (Wildman–Crippen MR) is 98.1 cm³/mol. The molecule has 0 saturated heterocycles. The van der Waals surface area contributed by atoms with Gasteiger partial charge in [-0.05, 0) is 0 Å². The quantitative estimate of drug-likeness (QED) is 0.649. The van der Waals surface area contributed by atoms with E-state index in [0.717, 1.165) is 9.80 Å². The fourth-order valence-electron chi connectivity index (χ4n) is 1.83. The monoisotopic (exact) mass is 386 g/mol. The number of nitrogens with one attached hydrogen (secondary N) is 1. The standard InChI is InChI=1S/C10H16N2O4.C7H14N2O2/c1-7(13)11(8(2)14)5-6-12(9(3)15)10(4)16;1-6(10)8-4-5-9(3)7(2)11/h5-6H2,1-4H3;4-5H2,1-3H3,(H,8,10). The maximum atomic E-state index is 11.1. The summed E-state index contributed by atoms with van der Waals surface area (Å²) >= 11 is 0. The van der Waals surface area contributed by atoms with E-state index in [4.69, 9.17) is 0 Å². The van der Waals surface area contributed by atoms with E-state index in [0.29, 0.717) is 13.1 Å². The number of imide groups is 2. The summed E-state index contributed by atoms with van der Waals surface area (Å²) in [5.41, 5.74) is 0. The molecule has 0 unspecified atom stereocenters. The summed E-state index contributed by atoms with van der Waals surface area (Å²) in [6, 6.07) is 0. The van der Waals surface area contributed by atoms with Crippen LogP contribution in [0.5, 0.6) is 0 Å². The van der Waals surface area contributed by atoms with E-state index >= 15 is 0 Å². The molecule has 154 valence electrons. The Bertz CT molecular complexity index is 516. The van der Waals surface area contributed by atoms with Crippen LogP contribution in [-0.4, -0.2) is 83.4 Å². The molecule has 0 spiro atoms. The molecular formula is C17H30N4O6.